The second kappa shape index (κ2) is 15.0. The van der Waals surface area contributed by atoms with E-state index in [2.05, 4.69) is 10.3 Å². The van der Waals surface area contributed by atoms with Gasteiger partial charge in [0, 0.05) is 17.9 Å². The fourth-order valence-electron chi connectivity index (χ4n) is 4.64. The number of benzene rings is 2. The highest BCUT2D eigenvalue weighted by Gasteiger charge is 2.28. The first-order valence-corrected chi connectivity index (χ1v) is 16.6. The molecule has 0 radical (unpaired) electrons. The number of nitrogens with zero attached hydrogens (tertiary/aromatic N) is 1. The van der Waals surface area contributed by atoms with E-state index in [0.29, 0.717) is 34.2 Å². The zero-order chi connectivity index (χ0) is 35.2. The molecule has 2 aromatic heterocycles. The molecule has 11 nitrogen and oxygen atoms in total. The fourth-order valence-corrected chi connectivity index (χ4v) is 5.26. The van der Waals surface area contributed by atoms with Crippen LogP contribution in [0.25, 0.3) is 22.2 Å². The molecule has 2 heterocycles. The summed E-state index contributed by atoms with van der Waals surface area (Å²) in [6.45, 7) is 14.2. The molecule has 0 fully saturated rings. The summed E-state index contributed by atoms with van der Waals surface area (Å²) >= 11 is 1.44. The first-order valence-electron chi connectivity index (χ1n) is 15.7. The summed E-state index contributed by atoms with van der Waals surface area (Å²) in [6, 6.07) is 8.51. The van der Waals surface area contributed by atoms with Crippen molar-refractivity contribution in [3.63, 3.8) is 0 Å². The molecule has 1 N–H and O–H groups in total. The first kappa shape index (κ1) is 36.1. The lowest BCUT2D eigenvalue weighted by atomic mass is 10.0. The molecule has 4 rings (SSSR count). The maximum Gasteiger partial charge on any atom is 0.514 e. The zero-order valence-corrected chi connectivity index (χ0v) is 29.4. The molecule has 1 amide bonds. The molecule has 48 heavy (non-hydrogen) atoms. The van der Waals surface area contributed by atoms with Gasteiger partial charge in [-0.05, 0) is 90.6 Å². The van der Waals surface area contributed by atoms with Gasteiger partial charge in [-0.15, -0.1) is 11.3 Å². The van der Waals surface area contributed by atoms with E-state index in [9.17, 15) is 19.2 Å². The third kappa shape index (κ3) is 10.1. The maximum absolute atomic E-state index is 13.8. The van der Waals surface area contributed by atoms with Crippen molar-refractivity contribution < 1.29 is 37.7 Å². The van der Waals surface area contributed by atoms with Crippen molar-refractivity contribution in [2.75, 3.05) is 0 Å². The van der Waals surface area contributed by atoms with Gasteiger partial charge < -0.3 is 28.7 Å². The predicted molar refractivity (Wildman–Crippen MR) is 183 cm³/mol. The average molecular weight is 679 g/mol. The van der Waals surface area contributed by atoms with Crippen molar-refractivity contribution in [1.29, 1.82) is 0 Å². The molecule has 0 aliphatic rings. The lowest BCUT2D eigenvalue weighted by Crippen LogP contribution is -2.46. The number of hydrogen-bond donors (Lipinski definition) is 1. The number of esters is 1. The zero-order valence-electron chi connectivity index (χ0n) is 28.6. The summed E-state index contributed by atoms with van der Waals surface area (Å²) in [5.74, 6) is -0.277. The van der Waals surface area contributed by atoms with Crippen molar-refractivity contribution in [1.82, 2.24) is 10.3 Å². The third-order valence-electron chi connectivity index (χ3n) is 6.79. The van der Waals surface area contributed by atoms with Gasteiger partial charge in [0.2, 0.25) is 5.43 Å². The molecule has 0 saturated heterocycles. The van der Waals surface area contributed by atoms with Crippen molar-refractivity contribution in [3.05, 3.63) is 74.4 Å². The Morgan fingerprint density at radius 2 is 1.67 bits per heavy atom. The quantitative estimate of drug-likeness (QED) is 0.0998. The second-order valence-electron chi connectivity index (χ2n) is 13.3. The Labute approximate surface area is 283 Å². The number of carbonyl (C=O) groups is 3. The Hall–Kier alpha value is -4.71. The van der Waals surface area contributed by atoms with Gasteiger partial charge in [0.15, 0.2) is 0 Å². The van der Waals surface area contributed by atoms with Crippen molar-refractivity contribution in [2.45, 2.75) is 98.3 Å². The molecular formula is C36H42N2O9S. The van der Waals surface area contributed by atoms with Gasteiger partial charge in [-0.25, -0.2) is 19.4 Å². The minimum Gasteiger partial charge on any atom is -0.463 e. The normalized spacial score (nSPS) is 12.3. The van der Waals surface area contributed by atoms with Crippen LogP contribution in [0.3, 0.4) is 0 Å². The number of thiazole rings is 1. The molecule has 0 bridgehead atoms. The minimum absolute atomic E-state index is 0.0359. The highest BCUT2D eigenvalue weighted by atomic mass is 32.1. The van der Waals surface area contributed by atoms with Crippen molar-refractivity contribution >= 4 is 40.5 Å². The molecular weight excluding hydrogens is 636 g/mol. The van der Waals surface area contributed by atoms with Gasteiger partial charge in [-0.1, -0.05) is 25.5 Å². The summed E-state index contributed by atoms with van der Waals surface area (Å²) < 4.78 is 27.6. The van der Waals surface area contributed by atoms with Crippen molar-refractivity contribution in [2.24, 2.45) is 0 Å². The topological polar surface area (TPSA) is 143 Å². The lowest BCUT2D eigenvalue weighted by molar-refractivity contribution is -0.136. The number of carbonyl (C=O) groups excluding carboxylic acids is 3. The fraction of sp³-hybridized carbons (Fsp3) is 0.417. The molecule has 0 aliphatic carbocycles. The van der Waals surface area contributed by atoms with Crippen molar-refractivity contribution in [3.8, 4) is 22.8 Å². The van der Waals surface area contributed by atoms with Crippen LogP contribution in [0.4, 0.5) is 9.59 Å². The van der Waals surface area contributed by atoms with Gasteiger partial charge in [0.1, 0.15) is 40.6 Å². The van der Waals surface area contributed by atoms with Crippen LogP contribution in [0.2, 0.25) is 0 Å². The molecule has 12 heteroatoms. The number of hydrogen-bond acceptors (Lipinski definition) is 11. The smallest absolute Gasteiger partial charge is 0.463 e. The van der Waals surface area contributed by atoms with E-state index in [1.807, 2.05) is 13.8 Å². The Bertz CT molecular complexity index is 1830. The van der Waals surface area contributed by atoms with Crippen LogP contribution in [0.15, 0.2) is 57.3 Å². The van der Waals surface area contributed by atoms with Crippen LogP contribution in [-0.4, -0.2) is 40.4 Å². The lowest BCUT2D eigenvalue weighted by Gasteiger charge is -2.23. The SMILES string of the molecule is CCCCc1cc2c(=O)c(-c3csc(C)n3)coc2cc1OC(=O)C(Cc1ccc(OC(=O)OC(C)(C)C)cc1)NC(=O)OC(C)(C)C. The number of fused-ring (bicyclic) bond motifs is 1. The number of unbranched alkanes of at least 4 members (excludes halogenated alkanes) is 1. The molecule has 1 atom stereocenters. The summed E-state index contributed by atoms with van der Waals surface area (Å²) in [5.41, 5.74) is 0.673. The minimum atomic E-state index is -1.16. The summed E-state index contributed by atoms with van der Waals surface area (Å²) in [5, 5.41) is 5.61. The number of aromatic nitrogens is 1. The Balaban J connectivity index is 1.62. The molecule has 4 aromatic rings. The average Bonchev–Trinajstić information content (AvgIpc) is 3.40. The van der Waals surface area contributed by atoms with E-state index < -0.39 is 35.5 Å². The van der Waals surface area contributed by atoms with E-state index in [-0.39, 0.29) is 28.9 Å². The predicted octanol–water partition coefficient (Wildman–Crippen LogP) is 7.92. The molecule has 0 aliphatic heterocycles. The number of alkyl carbamates (subject to hydrolysis) is 1. The molecule has 256 valence electrons. The van der Waals surface area contributed by atoms with Crippen LogP contribution < -0.4 is 20.2 Å². The second-order valence-corrected chi connectivity index (χ2v) is 14.4. The van der Waals surface area contributed by atoms with E-state index in [1.165, 1.54) is 23.7 Å². The Morgan fingerprint density at radius 1 is 0.979 bits per heavy atom. The summed E-state index contributed by atoms with van der Waals surface area (Å²) in [4.78, 5) is 56.6. The molecule has 0 spiro atoms. The van der Waals surface area contributed by atoms with Gasteiger partial charge in [0.25, 0.3) is 0 Å². The van der Waals surface area contributed by atoms with Crippen LogP contribution in [0, 0.1) is 6.92 Å². The largest absolute Gasteiger partial charge is 0.514 e. The summed E-state index contributed by atoms with van der Waals surface area (Å²) in [6.07, 6.45) is 1.95. The van der Waals surface area contributed by atoms with E-state index in [4.69, 9.17) is 23.4 Å². The first-order chi connectivity index (χ1) is 22.5. The standard InChI is InChI=1S/C36H42N2O9S/c1-9-10-11-23-17-25-30(43-19-26(31(25)39)28-20-48-21(2)37-28)18-29(23)45-32(40)27(38-33(41)46-35(3,4)5)16-22-12-14-24(15-13-22)44-34(42)47-36(6,7)8/h12-15,17-20,27H,9-11,16H2,1-8H3,(H,38,41). The number of rotatable bonds is 10. The molecule has 2 aromatic carbocycles. The number of nitrogens with one attached hydrogen (secondary N) is 1. The Morgan fingerprint density at radius 3 is 2.27 bits per heavy atom. The van der Waals surface area contributed by atoms with Gasteiger partial charge in [-0.2, -0.15) is 0 Å². The third-order valence-corrected chi connectivity index (χ3v) is 7.56. The van der Waals surface area contributed by atoms with E-state index >= 15 is 0 Å². The number of amides is 1. The molecule has 0 saturated carbocycles. The van der Waals surface area contributed by atoms with Gasteiger partial charge >= 0.3 is 18.2 Å². The van der Waals surface area contributed by atoms with E-state index in [1.54, 1.807) is 77.3 Å². The van der Waals surface area contributed by atoms with E-state index in [0.717, 1.165) is 17.8 Å². The number of aryl methyl sites for hydroxylation is 2. The van der Waals surface area contributed by atoms with Gasteiger partial charge in [0.05, 0.1) is 21.7 Å². The Kier molecular flexibility index (Phi) is 11.3. The number of ether oxygens (including phenoxy) is 4. The summed E-state index contributed by atoms with van der Waals surface area (Å²) in [7, 11) is 0. The van der Waals surface area contributed by atoms with Gasteiger partial charge in [-0.3, -0.25) is 4.79 Å². The highest BCUT2D eigenvalue weighted by molar-refractivity contribution is 7.09. The van der Waals surface area contributed by atoms with Crippen LogP contribution in [-0.2, 0) is 27.1 Å². The highest BCUT2D eigenvalue weighted by Crippen LogP contribution is 2.29. The van der Waals surface area contributed by atoms with Crippen LogP contribution in [0.1, 0.15) is 77.4 Å². The maximum atomic E-state index is 13.8. The van der Waals surface area contributed by atoms with Crippen LogP contribution in [0.5, 0.6) is 11.5 Å². The molecule has 1 unspecified atom stereocenters. The van der Waals surface area contributed by atoms with Crippen LogP contribution >= 0.6 is 11.3 Å². The monoisotopic (exact) mass is 678 g/mol.